The molecule has 0 aromatic heterocycles. The Morgan fingerprint density at radius 1 is 1.62 bits per heavy atom. The molecular formula is C11H16N2O3. The van der Waals surface area contributed by atoms with Crippen molar-refractivity contribution in [2.45, 2.75) is 30.5 Å². The molecule has 1 saturated carbocycles. The van der Waals surface area contributed by atoms with Crippen molar-refractivity contribution in [2.24, 2.45) is 5.92 Å². The van der Waals surface area contributed by atoms with Crippen LogP contribution in [0, 0.1) is 5.92 Å². The third-order valence-corrected chi connectivity index (χ3v) is 3.33. The highest BCUT2D eigenvalue weighted by Crippen LogP contribution is 2.42. The topological polar surface area (TPSA) is 78.4 Å². The Hall–Kier alpha value is -1.20. The highest BCUT2D eigenvalue weighted by atomic mass is 16.3. The Balaban J connectivity index is 1.92. The monoisotopic (exact) mass is 224 g/mol. The summed E-state index contributed by atoms with van der Waals surface area (Å²) in [4.78, 5) is 22.7. The van der Waals surface area contributed by atoms with Gasteiger partial charge < -0.3 is 20.5 Å². The van der Waals surface area contributed by atoms with Crippen LogP contribution in [0.25, 0.3) is 0 Å². The van der Waals surface area contributed by atoms with E-state index in [4.69, 9.17) is 0 Å². The standard InChI is InChI=1S/C11H16N2O3/c1-2-7-4-11(7,6-14)13-10(16)9-3-8(15)5-12-9/h2,6-9,12,15H,1,3-5H2,(H,13,16)/t7-,8+,9+,11+/m1/s1. The van der Waals surface area contributed by atoms with E-state index >= 15 is 0 Å². The maximum Gasteiger partial charge on any atom is 0.238 e. The van der Waals surface area contributed by atoms with Crippen molar-refractivity contribution < 1.29 is 14.7 Å². The minimum Gasteiger partial charge on any atom is -0.392 e. The van der Waals surface area contributed by atoms with Gasteiger partial charge in [-0.05, 0) is 12.8 Å². The number of carbonyl (C=O) groups is 2. The van der Waals surface area contributed by atoms with Gasteiger partial charge >= 0.3 is 0 Å². The number of carbonyl (C=O) groups excluding carboxylic acids is 2. The molecule has 1 heterocycles. The second-order valence-corrected chi connectivity index (χ2v) is 4.54. The first kappa shape index (κ1) is 11.3. The molecular weight excluding hydrogens is 208 g/mol. The van der Waals surface area contributed by atoms with Crippen LogP contribution in [0.1, 0.15) is 12.8 Å². The zero-order chi connectivity index (χ0) is 11.8. The SMILES string of the molecule is C=C[C@@H]1C[C@@]1(C=O)NC(=O)[C@@H]1C[C@H](O)CN1. The fourth-order valence-electron chi connectivity index (χ4n) is 2.14. The average Bonchev–Trinajstić information content (AvgIpc) is 2.80. The Labute approximate surface area is 93.9 Å². The molecule has 0 aromatic carbocycles. The summed E-state index contributed by atoms with van der Waals surface area (Å²) in [6, 6.07) is -0.391. The van der Waals surface area contributed by atoms with Crippen molar-refractivity contribution in [2.75, 3.05) is 6.54 Å². The Morgan fingerprint density at radius 2 is 2.38 bits per heavy atom. The van der Waals surface area contributed by atoms with Gasteiger partial charge in [-0.25, -0.2) is 0 Å². The summed E-state index contributed by atoms with van der Waals surface area (Å²) in [5, 5.41) is 14.9. The minimum atomic E-state index is -0.742. The molecule has 3 N–H and O–H groups in total. The largest absolute Gasteiger partial charge is 0.392 e. The molecule has 2 rings (SSSR count). The van der Waals surface area contributed by atoms with Gasteiger partial charge in [-0.15, -0.1) is 6.58 Å². The van der Waals surface area contributed by atoms with E-state index in [1.165, 1.54) is 0 Å². The van der Waals surface area contributed by atoms with Gasteiger partial charge in [0.05, 0.1) is 12.1 Å². The highest BCUT2D eigenvalue weighted by Gasteiger charge is 2.54. The minimum absolute atomic E-state index is 0.0419. The van der Waals surface area contributed by atoms with Gasteiger partial charge in [0.1, 0.15) is 11.8 Å². The van der Waals surface area contributed by atoms with Crippen LogP contribution in [-0.4, -0.2) is 41.5 Å². The molecule has 88 valence electrons. The first-order valence-electron chi connectivity index (χ1n) is 5.43. The average molecular weight is 224 g/mol. The Kier molecular flexibility index (Phi) is 2.82. The molecule has 0 spiro atoms. The maximum atomic E-state index is 11.8. The molecule has 1 aliphatic heterocycles. The number of hydrogen-bond donors (Lipinski definition) is 3. The van der Waals surface area contributed by atoms with Crippen LogP contribution in [0.3, 0.4) is 0 Å². The van der Waals surface area contributed by atoms with Crippen LogP contribution in [0.4, 0.5) is 0 Å². The Morgan fingerprint density at radius 3 is 2.81 bits per heavy atom. The molecule has 16 heavy (non-hydrogen) atoms. The third-order valence-electron chi connectivity index (χ3n) is 3.33. The van der Waals surface area contributed by atoms with E-state index in [-0.39, 0.29) is 11.8 Å². The number of hydrogen-bond acceptors (Lipinski definition) is 4. The second kappa shape index (κ2) is 3.99. The number of β-amino-alcohol motifs (C(OH)–C–C–N with tert-alkyl or cyclic N) is 1. The van der Waals surface area contributed by atoms with Gasteiger partial charge in [0.15, 0.2) is 0 Å². The lowest BCUT2D eigenvalue weighted by Crippen LogP contribution is -2.48. The zero-order valence-corrected chi connectivity index (χ0v) is 8.98. The van der Waals surface area contributed by atoms with Gasteiger partial charge in [0.25, 0.3) is 0 Å². The molecule has 0 radical (unpaired) electrons. The van der Waals surface area contributed by atoms with Crippen LogP contribution >= 0.6 is 0 Å². The molecule has 0 unspecified atom stereocenters. The fraction of sp³-hybridized carbons (Fsp3) is 0.636. The molecule has 0 bridgehead atoms. The van der Waals surface area contributed by atoms with Crippen LogP contribution in [0.2, 0.25) is 0 Å². The predicted molar refractivity (Wildman–Crippen MR) is 57.7 cm³/mol. The van der Waals surface area contributed by atoms with E-state index in [2.05, 4.69) is 17.2 Å². The smallest absolute Gasteiger partial charge is 0.238 e. The van der Waals surface area contributed by atoms with Crippen molar-refractivity contribution in [1.82, 2.24) is 10.6 Å². The molecule has 4 atom stereocenters. The van der Waals surface area contributed by atoms with Gasteiger partial charge in [0, 0.05) is 12.5 Å². The van der Waals surface area contributed by atoms with Gasteiger partial charge in [0.2, 0.25) is 5.91 Å². The lowest BCUT2D eigenvalue weighted by molar-refractivity contribution is -0.126. The number of amides is 1. The van der Waals surface area contributed by atoms with Crippen molar-refractivity contribution in [3.63, 3.8) is 0 Å². The molecule has 1 saturated heterocycles. The molecule has 5 nitrogen and oxygen atoms in total. The third kappa shape index (κ3) is 1.88. The summed E-state index contributed by atoms with van der Waals surface area (Å²) in [6.07, 6.45) is 3.02. The summed E-state index contributed by atoms with van der Waals surface area (Å²) in [5.74, 6) is -0.173. The quantitative estimate of drug-likeness (QED) is 0.421. The molecule has 1 aliphatic carbocycles. The number of rotatable bonds is 4. The van der Waals surface area contributed by atoms with E-state index in [9.17, 15) is 14.7 Å². The lowest BCUT2D eigenvalue weighted by atomic mass is 10.1. The zero-order valence-electron chi connectivity index (χ0n) is 8.98. The number of nitrogens with one attached hydrogen (secondary N) is 2. The van der Waals surface area contributed by atoms with E-state index in [0.29, 0.717) is 19.4 Å². The molecule has 2 fully saturated rings. The van der Waals surface area contributed by atoms with Gasteiger partial charge in [-0.3, -0.25) is 4.79 Å². The van der Waals surface area contributed by atoms with Crippen LogP contribution < -0.4 is 10.6 Å². The van der Waals surface area contributed by atoms with Crippen molar-refractivity contribution in [3.05, 3.63) is 12.7 Å². The second-order valence-electron chi connectivity index (χ2n) is 4.54. The lowest BCUT2D eigenvalue weighted by Gasteiger charge is -2.15. The van der Waals surface area contributed by atoms with Gasteiger partial charge in [-0.2, -0.15) is 0 Å². The normalized spacial score (nSPS) is 41.4. The van der Waals surface area contributed by atoms with Crippen molar-refractivity contribution in [1.29, 1.82) is 0 Å². The predicted octanol–water partition coefficient (Wildman–Crippen LogP) is -1.03. The number of aldehydes is 1. The highest BCUT2D eigenvalue weighted by molar-refractivity contribution is 5.88. The molecule has 0 aromatic rings. The first-order chi connectivity index (χ1) is 7.61. The van der Waals surface area contributed by atoms with Crippen molar-refractivity contribution in [3.8, 4) is 0 Å². The summed E-state index contributed by atoms with van der Waals surface area (Å²) < 4.78 is 0. The fourth-order valence-corrected chi connectivity index (χ4v) is 2.14. The molecule has 2 aliphatic rings. The summed E-state index contributed by atoms with van der Waals surface area (Å²) in [7, 11) is 0. The Bertz CT molecular complexity index is 331. The molecule has 5 heteroatoms. The maximum absolute atomic E-state index is 11.8. The van der Waals surface area contributed by atoms with E-state index in [1.54, 1.807) is 6.08 Å². The summed E-state index contributed by atoms with van der Waals surface area (Å²) in [6.45, 7) is 4.04. The van der Waals surface area contributed by atoms with Crippen LogP contribution in [0.5, 0.6) is 0 Å². The summed E-state index contributed by atoms with van der Waals surface area (Å²) >= 11 is 0. The number of aliphatic hydroxyl groups excluding tert-OH is 1. The summed E-state index contributed by atoms with van der Waals surface area (Å²) in [5.41, 5.74) is -0.742. The first-order valence-corrected chi connectivity index (χ1v) is 5.43. The molecule has 1 amide bonds. The van der Waals surface area contributed by atoms with E-state index < -0.39 is 17.7 Å². The number of aliphatic hydroxyl groups is 1. The van der Waals surface area contributed by atoms with Gasteiger partial charge in [-0.1, -0.05) is 6.08 Å². The van der Waals surface area contributed by atoms with Crippen LogP contribution in [0.15, 0.2) is 12.7 Å². The van der Waals surface area contributed by atoms with Crippen LogP contribution in [-0.2, 0) is 9.59 Å². The van der Waals surface area contributed by atoms with E-state index in [1.807, 2.05) is 0 Å². The van der Waals surface area contributed by atoms with E-state index in [0.717, 1.165) is 6.29 Å². The van der Waals surface area contributed by atoms with Crippen molar-refractivity contribution >= 4 is 12.2 Å².